The Labute approximate surface area is 78.6 Å². The smallest absolute Gasteiger partial charge is 0.197 e. The molecule has 0 aliphatic heterocycles. The lowest BCUT2D eigenvalue weighted by Crippen LogP contribution is -2.43. The first-order chi connectivity index (χ1) is 5.51. The maximum atomic E-state index is 6.04. The van der Waals surface area contributed by atoms with E-state index in [0.717, 1.165) is 17.7 Å². The van der Waals surface area contributed by atoms with Crippen molar-refractivity contribution in [3.8, 4) is 0 Å². The van der Waals surface area contributed by atoms with Crippen LogP contribution in [-0.4, -0.2) is 14.9 Å². The van der Waals surface area contributed by atoms with Gasteiger partial charge in [-0.1, -0.05) is 34.6 Å². The van der Waals surface area contributed by atoms with E-state index < -0.39 is 8.32 Å². The molecule has 0 N–H and O–H groups in total. The quantitative estimate of drug-likeness (QED) is 0.596. The zero-order valence-corrected chi connectivity index (χ0v) is 10.5. The Morgan fingerprint density at radius 1 is 1.00 bits per heavy atom. The van der Waals surface area contributed by atoms with Crippen molar-refractivity contribution in [2.24, 2.45) is 0 Å². The summed E-state index contributed by atoms with van der Waals surface area (Å²) in [5, 5.41) is 0. The van der Waals surface area contributed by atoms with E-state index in [1.807, 2.05) is 0 Å². The maximum absolute atomic E-state index is 6.04. The van der Waals surface area contributed by atoms with E-state index in [0.29, 0.717) is 0 Å². The predicted octanol–water partition coefficient (Wildman–Crippen LogP) is 3.81. The minimum atomic E-state index is -1.42. The lowest BCUT2D eigenvalue weighted by Gasteiger charge is -2.37. The summed E-state index contributed by atoms with van der Waals surface area (Å²) < 4.78 is 6.04. The van der Waals surface area contributed by atoms with E-state index in [2.05, 4.69) is 41.5 Å². The lowest BCUT2D eigenvalue weighted by atomic mass is 10.5. The van der Waals surface area contributed by atoms with Crippen molar-refractivity contribution in [3.63, 3.8) is 0 Å². The summed E-state index contributed by atoms with van der Waals surface area (Å²) in [4.78, 5) is 0. The molecule has 0 amide bonds. The van der Waals surface area contributed by atoms with Crippen molar-refractivity contribution < 1.29 is 4.43 Å². The zero-order chi connectivity index (χ0) is 9.78. The summed E-state index contributed by atoms with van der Waals surface area (Å²) in [7, 11) is -1.42. The molecule has 0 rings (SSSR count). The Bertz CT molecular complexity index is 113. The second-order valence-corrected chi connectivity index (χ2v) is 9.27. The molecule has 0 aromatic carbocycles. The Morgan fingerprint density at radius 3 is 1.50 bits per heavy atom. The van der Waals surface area contributed by atoms with Crippen LogP contribution in [0.1, 0.15) is 41.5 Å². The number of rotatable bonds is 5. The Kier molecular flexibility index (Phi) is 5.10. The monoisotopic (exact) mass is 188 g/mol. The SMILES string of the molecule is CCO[Si](CC)(C(C)C)C(C)C. The summed E-state index contributed by atoms with van der Waals surface area (Å²) in [6.45, 7) is 14.5. The van der Waals surface area contributed by atoms with Gasteiger partial charge in [0.2, 0.25) is 0 Å². The molecule has 0 aromatic rings. The molecular formula is C10H24OSi. The van der Waals surface area contributed by atoms with Crippen LogP contribution in [-0.2, 0) is 4.43 Å². The molecule has 0 radical (unpaired) electrons. The van der Waals surface area contributed by atoms with Crippen molar-refractivity contribution in [3.05, 3.63) is 0 Å². The van der Waals surface area contributed by atoms with Gasteiger partial charge in [-0.25, -0.2) is 0 Å². The highest BCUT2D eigenvalue weighted by molar-refractivity contribution is 6.76. The van der Waals surface area contributed by atoms with Gasteiger partial charge < -0.3 is 4.43 Å². The topological polar surface area (TPSA) is 9.23 Å². The third-order valence-corrected chi connectivity index (χ3v) is 8.76. The van der Waals surface area contributed by atoms with Crippen molar-refractivity contribution in [1.82, 2.24) is 0 Å². The van der Waals surface area contributed by atoms with Crippen LogP contribution in [0.25, 0.3) is 0 Å². The van der Waals surface area contributed by atoms with E-state index >= 15 is 0 Å². The van der Waals surface area contributed by atoms with Gasteiger partial charge >= 0.3 is 0 Å². The Balaban J connectivity index is 4.51. The molecule has 0 bridgehead atoms. The Hall–Kier alpha value is 0.177. The number of hydrogen-bond acceptors (Lipinski definition) is 1. The summed E-state index contributed by atoms with van der Waals surface area (Å²) >= 11 is 0. The summed E-state index contributed by atoms with van der Waals surface area (Å²) in [6, 6.07) is 1.25. The normalized spacial score (nSPS) is 13.0. The lowest BCUT2D eigenvalue weighted by molar-refractivity contribution is 0.305. The molecule has 0 atom stereocenters. The fourth-order valence-electron chi connectivity index (χ4n) is 2.19. The second kappa shape index (κ2) is 5.03. The van der Waals surface area contributed by atoms with Crippen LogP contribution in [0.4, 0.5) is 0 Å². The molecule has 0 heterocycles. The molecule has 74 valence electrons. The van der Waals surface area contributed by atoms with E-state index in [-0.39, 0.29) is 0 Å². The van der Waals surface area contributed by atoms with Gasteiger partial charge in [-0.2, -0.15) is 0 Å². The zero-order valence-electron chi connectivity index (χ0n) is 9.48. The van der Waals surface area contributed by atoms with Crippen LogP contribution in [0.2, 0.25) is 17.1 Å². The summed E-state index contributed by atoms with van der Waals surface area (Å²) in [5.74, 6) is 0. The molecule has 0 saturated carbocycles. The summed E-state index contributed by atoms with van der Waals surface area (Å²) in [6.07, 6.45) is 0. The van der Waals surface area contributed by atoms with Gasteiger partial charge in [0.1, 0.15) is 0 Å². The fourth-order valence-corrected chi connectivity index (χ4v) is 6.56. The van der Waals surface area contributed by atoms with Crippen LogP contribution in [0.15, 0.2) is 0 Å². The van der Waals surface area contributed by atoms with Gasteiger partial charge in [0.15, 0.2) is 8.32 Å². The molecule has 0 spiro atoms. The molecular weight excluding hydrogens is 164 g/mol. The molecule has 0 aliphatic carbocycles. The van der Waals surface area contributed by atoms with E-state index in [4.69, 9.17) is 4.43 Å². The van der Waals surface area contributed by atoms with E-state index in [1.54, 1.807) is 0 Å². The van der Waals surface area contributed by atoms with Crippen LogP contribution in [0.3, 0.4) is 0 Å². The largest absolute Gasteiger partial charge is 0.417 e. The molecule has 0 aliphatic rings. The highest BCUT2D eigenvalue weighted by atomic mass is 28.4. The first-order valence-electron chi connectivity index (χ1n) is 5.15. The van der Waals surface area contributed by atoms with E-state index in [1.165, 1.54) is 6.04 Å². The minimum Gasteiger partial charge on any atom is -0.417 e. The average Bonchev–Trinajstić information content (AvgIpc) is 1.98. The van der Waals surface area contributed by atoms with Gasteiger partial charge in [0.05, 0.1) is 0 Å². The molecule has 1 nitrogen and oxygen atoms in total. The fraction of sp³-hybridized carbons (Fsp3) is 1.00. The molecule has 0 fully saturated rings. The second-order valence-electron chi connectivity index (χ2n) is 4.05. The van der Waals surface area contributed by atoms with Crippen LogP contribution >= 0.6 is 0 Å². The standard InChI is InChI=1S/C10H24OSi/c1-7-11-12(8-2,9(3)4)10(5)6/h9-10H,7-8H2,1-6H3. The minimum absolute atomic E-state index is 0.738. The van der Waals surface area contributed by atoms with Crippen molar-refractivity contribution in [2.75, 3.05) is 6.61 Å². The third-order valence-electron chi connectivity index (χ3n) is 2.92. The van der Waals surface area contributed by atoms with E-state index in [9.17, 15) is 0 Å². The van der Waals surface area contributed by atoms with Crippen LogP contribution in [0, 0.1) is 0 Å². The van der Waals surface area contributed by atoms with Gasteiger partial charge in [0.25, 0.3) is 0 Å². The molecule has 0 unspecified atom stereocenters. The third kappa shape index (κ3) is 2.33. The highest BCUT2D eigenvalue weighted by Gasteiger charge is 2.39. The van der Waals surface area contributed by atoms with Crippen LogP contribution < -0.4 is 0 Å². The highest BCUT2D eigenvalue weighted by Crippen LogP contribution is 2.36. The first kappa shape index (κ1) is 12.2. The molecule has 0 aromatic heterocycles. The average molecular weight is 188 g/mol. The van der Waals surface area contributed by atoms with Gasteiger partial charge in [-0.3, -0.25) is 0 Å². The first-order valence-corrected chi connectivity index (χ1v) is 7.42. The molecule has 12 heavy (non-hydrogen) atoms. The Morgan fingerprint density at radius 2 is 1.42 bits per heavy atom. The molecule has 2 heteroatoms. The van der Waals surface area contributed by atoms with Crippen molar-refractivity contribution >= 4 is 8.32 Å². The predicted molar refractivity (Wildman–Crippen MR) is 58.1 cm³/mol. The van der Waals surface area contributed by atoms with Gasteiger partial charge in [0, 0.05) is 6.61 Å². The summed E-state index contributed by atoms with van der Waals surface area (Å²) in [5.41, 5.74) is 1.48. The van der Waals surface area contributed by atoms with Gasteiger partial charge in [-0.05, 0) is 24.1 Å². The van der Waals surface area contributed by atoms with Crippen molar-refractivity contribution in [1.29, 1.82) is 0 Å². The molecule has 0 saturated heterocycles. The van der Waals surface area contributed by atoms with Crippen molar-refractivity contribution in [2.45, 2.75) is 58.7 Å². The van der Waals surface area contributed by atoms with Crippen LogP contribution in [0.5, 0.6) is 0 Å². The number of hydrogen-bond donors (Lipinski definition) is 0. The maximum Gasteiger partial charge on any atom is 0.197 e. The van der Waals surface area contributed by atoms with Gasteiger partial charge in [-0.15, -0.1) is 0 Å².